The molecule has 0 atom stereocenters. The SMILES string of the molecule is O=C1CN2N=CC(c3ccc(Cl)cc3)=C(c3ccncc3)C2=NN1Cc1ccc(-c2ccns2)cc1. The van der Waals surface area contributed by atoms with Crippen molar-refractivity contribution in [2.45, 2.75) is 6.54 Å². The molecule has 2 aliphatic heterocycles. The van der Waals surface area contributed by atoms with Crippen molar-refractivity contribution in [1.82, 2.24) is 19.4 Å². The van der Waals surface area contributed by atoms with Crippen molar-refractivity contribution < 1.29 is 4.79 Å². The minimum absolute atomic E-state index is 0.108. The van der Waals surface area contributed by atoms with Crippen molar-refractivity contribution >= 4 is 52.2 Å². The second-order valence-electron chi connectivity index (χ2n) is 8.28. The standard InChI is InChI=1S/C27H19ClN6OS/c28-22-7-5-19(6-8-22)23-15-30-34-17-25(35)33(32-27(34)26(23)21-9-12-29-13-10-21)16-18-1-3-20(4-2-18)24-11-14-31-36-24/h1-15H,16-17H2. The summed E-state index contributed by atoms with van der Waals surface area (Å²) in [5.41, 5.74) is 5.76. The molecule has 36 heavy (non-hydrogen) atoms. The highest BCUT2D eigenvalue weighted by Crippen LogP contribution is 2.33. The van der Waals surface area contributed by atoms with E-state index in [2.05, 4.69) is 14.5 Å². The van der Waals surface area contributed by atoms with E-state index in [-0.39, 0.29) is 12.5 Å². The highest BCUT2D eigenvalue weighted by atomic mass is 35.5. The number of pyridine rings is 1. The maximum atomic E-state index is 13.0. The van der Waals surface area contributed by atoms with Gasteiger partial charge < -0.3 is 0 Å². The van der Waals surface area contributed by atoms with E-state index in [0.717, 1.165) is 38.3 Å². The number of amides is 1. The Morgan fingerprint density at radius 1 is 0.861 bits per heavy atom. The van der Waals surface area contributed by atoms with E-state index in [0.29, 0.717) is 17.4 Å². The Kier molecular flexibility index (Phi) is 5.88. The molecule has 0 N–H and O–H groups in total. The van der Waals surface area contributed by atoms with Crippen LogP contribution >= 0.6 is 23.1 Å². The summed E-state index contributed by atoms with van der Waals surface area (Å²) in [5, 5.41) is 13.2. The van der Waals surface area contributed by atoms with Gasteiger partial charge in [0.25, 0.3) is 5.91 Å². The molecule has 4 aromatic rings. The average Bonchev–Trinajstić information content (AvgIpc) is 3.45. The smallest absolute Gasteiger partial charge is 0.264 e. The van der Waals surface area contributed by atoms with E-state index < -0.39 is 0 Å². The molecular formula is C27H19ClN6OS. The maximum Gasteiger partial charge on any atom is 0.264 e. The van der Waals surface area contributed by atoms with Crippen LogP contribution in [0.1, 0.15) is 16.7 Å². The molecule has 6 rings (SSSR count). The number of benzene rings is 2. The van der Waals surface area contributed by atoms with Crippen LogP contribution < -0.4 is 0 Å². The lowest BCUT2D eigenvalue weighted by Crippen LogP contribution is -2.46. The average molecular weight is 511 g/mol. The third kappa shape index (κ3) is 4.32. The number of halogens is 1. The summed E-state index contributed by atoms with van der Waals surface area (Å²) in [5.74, 6) is 0.501. The van der Waals surface area contributed by atoms with Crippen molar-refractivity contribution in [3.8, 4) is 10.4 Å². The van der Waals surface area contributed by atoms with Crippen molar-refractivity contribution in [3.05, 3.63) is 107 Å². The molecule has 2 aliphatic rings. The molecule has 0 radical (unpaired) electrons. The van der Waals surface area contributed by atoms with Crippen LogP contribution in [0.3, 0.4) is 0 Å². The fourth-order valence-electron chi connectivity index (χ4n) is 4.18. The van der Waals surface area contributed by atoms with E-state index in [4.69, 9.17) is 16.7 Å². The molecule has 0 spiro atoms. The first-order chi connectivity index (χ1) is 17.7. The Bertz CT molecular complexity index is 1500. The van der Waals surface area contributed by atoms with Gasteiger partial charge in [0.1, 0.15) is 6.54 Å². The third-order valence-electron chi connectivity index (χ3n) is 5.98. The van der Waals surface area contributed by atoms with E-state index in [1.54, 1.807) is 29.8 Å². The molecule has 0 unspecified atom stereocenters. The Morgan fingerprint density at radius 2 is 1.61 bits per heavy atom. The van der Waals surface area contributed by atoms with Gasteiger partial charge in [0.05, 0.1) is 17.6 Å². The first-order valence-corrected chi connectivity index (χ1v) is 12.4. The first-order valence-electron chi connectivity index (χ1n) is 11.3. The predicted octanol–water partition coefficient (Wildman–Crippen LogP) is 5.43. The second kappa shape index (κ2) is 9.49. The Morgan fingerprint density at radius 3 is 2.33 bits per heavy atom. The normalized spacial score (nSPS) is 15.2. The number of rotatable bonds is 5. The van der Waals surface area contributed by atoms with Crippen LogP contribution in [0.15, 0.2) is 95.5 Å². The molecule has 0 aliphatic carbocycles. The number of carbonyl (C=O) groups is 1. The Balaban J connectivity index is 1.38. The number of amidine groups is 1. The topological polar surface area (TPSA) is 74.1 Å². The van der Waals surface area contributed by atoms with Gasteiger partial charge in [-0.3, -0.25) is 9.78 Å². The minimum Gasteiger partial charge on any atom is -0.271 e. The summed E-state index contributed by atoms with van der Waals surface area (Å²) in [6.45, 7) is 0.472. The molecule has 176 valence electrons. The summed E-state index contributed by atoms with van der Waals surface area (Å²) < 4.78 is 4.17. The number of aromatic nitrogens is 2. The van der Waals surface area contributed by atoms with Gasteiger partial charge in [0.2, 0.25) is 0 Å². The van der Waals surface area contributed by atoms with Crippen LogP contribution in [0.2, 0.25) is 5.02 Å². The van der Waals surface area contributed by atoms with Crippen LogP contribution in [0.4, 0.5) is 0 Å². The lowest BCUT2D eigenvalue weighted by atomic mass is 9.93. The predicted molar refractivity (Wildman–Crippen MR) is 143 cm³/mol. The lowest BCUT2D eigenvalue weighted by Gasteiger charge is -2.34. The molecule has 7 nitrogen and oxygen atoms in total. The summed E-state index contributed by atoms with van der Waals surface area (Å²) in [7, 11) is 0. The van der Waals surface area contributed by atoms with Gasteiger partial charge in [-0.2, -0.15) is 5.10 Å². The number of hydrogen-bond acceptors (Lipinski definition) is 7. The van der Waals surface area contributed by atoms with Gasteiger partial charge in [0, 0.05) is 34.8 Å². The van der Waals surface area contributed by atoms with Crippen LogP contribution in [-0.4, -0.2) is 43.9 Å². The molecule has 9 heteroatoms. The van der Waals surface area contributed by atoms with E-state index >= 15 is 0 Å². The zero-order valence-electron chi connectivity index (χ0n) is 19.0. The summed E-state index contributed by atoms with van der Waals surface area (Å²) >= 11 is 7.58. The van der Waals surface area contributed by atoms with Gasteiger partial charge in [-0.25, -0.2) is 14.4 Å². The number of hydrogen-bond donors (Lipinski definition) is 0. The number of allylic oxidation sites excluding steroid dienone is 1. The van der Waals surface area contributed by atoms with Gasteiger partial charge in [-0.15, -0.1) is 5.10 Å². The fourth-order valence-corrected chi connectivity index (χ4v) is 4.90. The second-order valence-corrected chi connectivity index (χ2v) is 9.55. The fraction of sp³-hybridized carbons (Fsp3) is 0.0741. The molecule has 2 aromatic heterocycles. The zero-order valence-corrected chi connectivity index (χ0v) is 20.5. The van der Waals surface area contributed by atoms with Crippen LogP contribution in [-0.2, 0) is 11.3 Å². The maximum absolute atomic E-state index is 13.0. The zero-order chi connectivity index (χ0) is 24.5. The number of nitrogens with zero attached hydrogens (tertiary/aromatic N) is 6. The van der Waals surface area contributed by atoms with Gasteiger partial charge in [0.15, 0.2) is 5.84 Å². The largest absolute Gasteiger partial charge is 0.271 e. The Hall–Kier alpha value is -4.14. The summed E-state index contributed by atoms with van der Waals surface area (Å²) in [6, 6.07) is 21.6. The third-order valence-corrected chi connectivity index (χ3v) is 7.03. The van der Waals surface area contributed by atoms with E-state index in [1.807, 2.05) is 66.7 Å². The van der Waals surface area contributed by atoms with Gasteiger partial charge >= 0.3 is 0 Å². The summed E-state index contributed by atoms with van der Waals surface area (Å²) in [4.78, 5) is 18.3. The Labute approximate surface area is 216 Å². The molecule has 0 fully saturated rings. The highest BCUT2D eigenvalue weighted by Gasteiger charge is 2.33. The van der Waals surface area contributed by atoms with Crippen molar-refractivity contribution in [2.75, 3.05) is 6.54 Å². The molecular weight excluding hydrogens is 492 g/mol. The van der Waals surface area contributed by atoms with Crippen molar-refractivity contribution in [3.63, 3.8) is 0 Å². The van der Waals surface area contributed by atoms with Gasteiger partial charge in [-0.05, 0) is 64.1 Å². The van der Waals surface area contributed by atoms with Crippen LogP contribution in [0.5, 0.6) is 0 Å². The molecule has 0 bridgehead atoms. The monoisotopic (exact) mass is 510 g/mol. The van der Waals surface area contributed by atoms with Crippen LogP contribution in [0, 0.1) is 0 Å². The molecule has 0 saturated carbocycles. The number of fused-ring (bicyclic) bond motifs is 1. The molecule has 4 heterocycles. The highest BCUT2D eigenvalue weighted by molar-refractivity contribution is 7.09. The summed E-state index contributed by atoms with van der Waals surface area (Å²) in [6.07, 6.45) is 7.06. The molecule has 2 aromatic carbocycles. The first kappa shape index (κ1) is 22.3. The van der Waals surface area contributed by atoms with Crippen molar-refractivity contribution in [1.29, 1.82) is 0 Å². The molecule has 0 saturated heterocycles. The molecule has 1 amide bonds. The van der Waals surface area contributed by atoms with Crippen LogP contribution in [0.25, 0.3) is 21.6 Å². The lowest BCUT2D eigenvalue weighted by molar-refractivity contribution is -0.133. The van der Waals surface area contributed by atoms with Gasteiger partial charge in [-0.1, -0.05) is 48.0 Å². The van der Waals surface area contributed by atoms with E-state index in [9.17, 15) is 4.79 Å². The number of hydrazone groups is 2. The number of carbonyl (C=O) groups excluding carboxylic acids is 1. The van der Waals surface area contributed by atoms with Crippen molar-refractivity contribution in [2.24, 2.45) is 10.2 Å². The minimum atomic E-state index is -0.119. The quantitative estimate of drug-likeness (QED) is 0.359. The van der Waals surface area contributed by atoms with E-state index in [1.165, 1.54) is 16.5 Å².